The third-order valence-electron chi connectivity index (χ3n) is 4.49. The van der Waals surface area contributed by atoms with Crippen molar-refractivity contribution in [3.63, 3.8) is 0 Å². The SMILES string of the molecule is CCCCCCCCCCCCCC(=O)NN=Cc1ccc(C)cc1. The van der Waals surface area contributed by atoms with E-state index in [4.69, 9.17) is 0 Å². The second-order valence-electron chi connectivity index (χ2n) is 6.99. The number of hydrogen-bond acceptors (Lipinski definition) is 2. The molecule has 0 saturated carbocycles. The van der Waals surface area contributed by atoms with Gasteiger partial charge in [-0.15, -0.1) is 0 Å². The predicted molar refractivity (Wildman–Crippen MR) is 108 cm³/mol. The predicted octanol–water partition coefficient (Wildman–Crippen LogP) is 6.15. The fourth-order valence-electron chi connectivity index (χ4n) is 2.84. The van der Waals surface area contributed by atoms with Gasteiger partial charge in [-0.2, -0.15) is 5.10 Å². The van der Waals surface area contributed by atoms with E-state index in [1.807, 2.05) is 24.3 Å². The molecule has 0 bridgehead atoms. The van der Waals surface area contributed by atoms with Gasteiger partial charge in [0.2, 0.25) is 5.91 Å². The summed E-state index contributed by atoms with van der Waals surface area (Å²) in [5, 5.41) is 4.02. The molecule has 3 heteroatoms. The molecule has 0 aliphatic heterocycles. The minimum atomic E-state index is 0.0132. The normalized spacial score (nSPS) is 11.1. The second-order valence-corrected chi connectivity index (χ2v) is 6.99. The number of hydrazone groups is 1. The van der Waals surface area contributed by atoms with Crippen LogP contribution in [-0.4, -0.2) is 12.1 Å². The van der Waals surface area contributed by atoms with E-state index in [-0.39, 0.29) is 5.91 Å². The Labute approximate surface area is 154 Å². The quantitative estimate of drug-likeness (QED) is 0.245. The van der Waals surface area contributed by atoms with Gasteiger partial charge < -0.3 is 0 Å². The summed E-state index contributed by atoms with van der Waals surface area (Å²) in [7, 11) is 0. The maximum Gasteiger partial charge on any atom is 0.240 e. The smallest absolute Gasteiger partial charge is 0.240 e. The van der Waals surface area contributed by atoms with Crippen LogP contribution in [0.4, 0.5) is 0 Å². The molecule has 140 valence electrons. The molecule has 3 nitrogen and oxygen atoms in total. The van der Waals surface area contributed by atoms with Crippen molar-refractivity contribution in [2.24, 2.45) is 5.10 Å². The number of benzene rings is 1. The molecule has 0 saturated heterocycles. The van der Waals surface area contributed by atoms with Crippen molar-refractivity contribution in [1.82, 2.24) is 5.43 Å². The Morgan fingerprint density at radius 1 is 0.880 bits per heavy atom. The molecule has 1 amide bonds. The van der Waals surface area contributed by atoms with Crippen LogP contribution in [0.1, 0.15) is 95.1 Å². The van der Waals surface area contributed by atoms with Crippen molar-refractivity contribution in [2.45, 2.75) is 90.9 Å². The minimum absolute atomic E-state index is 0.0132. The van der Waals surface area contributed by atoms with E-state index in [1.165, 1.54) is 63.4 Å². The number of hydrogen-bond donors (Lipinski definition) is 1. The third kappa shape index (κ3) is 12.4. The molecule has 0 unspecified atom stereocenters. The number of amides is 1. The molecular formula is C22H36N2O. The summed E-state index contributed by atoms with van der Waals surface area (Å²) < 4.78 is 0. The van der Waals surface area contributed by atoms with Gasteiger partial charge in [-0.25, -0.2) is 5.43 Å². The third-order valence-corrected chi connectivity index (χ3v) is 4.49. The van der Waals surface area contributed by atoms with Crippen LogP contribution in [-0.2, 0) is 4.79 Å². The molecule has 0 radical (unpaired) electrons. The topological polar surface area (TPSA) is 41.5 Å². The molecule has 1 rings (SSSR count). The first-order chi connectivity index (χ1) is 12.2. The lowest BCUT2D eigenvalue weighted by molar-refractivity contribution is -0.121. The number of nitrogens with one attached hydrogen (secondary N) is 1. The summed E-state index contributed by atoms with van der Waals surface area (Å²) in [5.41, 5.74) is 4.83. The van der Waals surface area contributed by atoms with Crippen LogP contribution in [0, 0.1) is 6.92 Å². The van der Waals surface area contributed by atoms with E-state index < -0.39 is 0 Å². The fraction of sp³-hybridized carbons (Fsp3) is 0.636. The average Bonchev–Trinajstić information content (AvgIpc) is 2.61. The maximum atomic E-state index is 11.7. The lowest BCUT2D eigenvalue weighted by atomic mass is 10.1. The van der Waals surface area contributed by atoms with Crippen molar-refractivity contribution in [3.8, 4) is 0 Å². The van der Waals surface area contributed by atoms with Crippen LogP contribution in [0.5, 0.6) is 0 Å². The van der Waals surface area contributed by atoms with Gasteiger partial charge >= 0.3 is 0 Å². The molecule has 0 aliphatic rings. The number of rotatable bonds is 14. The van der Waals surface area contributed by atoms with Gasteiger partial charge in [-0.3, -0.25) is 4.79 Å². The highest BCUT2D eigenvalue weighted by molar-refractivity contribution is 5.82. The Morgan fingerprint density at radius 2 is 1.40 bits per heavy atom. The molecule has 0 spiro atoms. The van der Waals surface area contributed by atoms with Crippen LogP contribution in [0.15, 0.2) is 29.4 Å². The van der Waals surface area contributed by atoms with Gasteiger partial charge in [0.1, 0.15) is 0 Å². The highest BCUT2D eigenvalue weighted by Crippen LogP contribution is 2.11. The van der Waals surface area contributed by atoms with Gasteiger partial charge in [-0.1, -0.05) is 101 Å². The largest absolute Gasteiger partial charge is 0.273 e. The van der Waals surface area contributed by atoms with Crippen LogP contribution >= 0.6 is 0 Å². The highest BCUT2D eigenvalue weighted by Gasteiger charge is 1.99. The van der Waals surface area contributed by atoms with E-state index in [0.29, 0.717) is 6.42 Å². The summed E-state index contributed by atoms with van der Waals surface area (Å²) in [4.78, 5) is 11.7. The lowest BCUT2D eigenvalue weighted by Crippen LogP contribution is -2.16. The number of aryl methyl sites for hydroxylation is 1. The van der Waals surface area contributed by atoms with E-state index in [1.54, 1.807) is 6.21 Å². The Balaban J connectivity index is 1.92. The highest BCUT2D eigenvalue weighted by atomic mass is 16.2. The molecule has 1 N–H and O–H groups in total. The molecule has 0 atom stereocenters. The van der Waals surface area contributed by atoms with E-state index >= 15 is 0 Å². The fourth-order valence-corrected chi connectivity index (χ4v) is 2.84. The lowest BCUT2D eigenvalue weighted by Gasteiger charge is -2.02. The Hall–Kier alpha value is -1.64. The first-order valence-corrected chi connectivity index (χ1v) is 10.1. The molecule has 0 heterocycles. The number of unbranched alkanes of at least 4 members (excludes halogenated alkanes) is 10. The van der Waals surface area contributed by atoms with Crippen LogP contribution in [0.2, 0.25) is 0 Å². The average molecular weight is 345 g/mol. The van der Waals surface area contributed by atoms with Gasteiger partial charge in [0.05, 0.1) is 6.21 Å². The van der Waals surface area contributed by atoms with Crippen molar-refractivity contribution in [1.29, 1.82) is 0 Å². The monoisotopic (exact) mass is 344 g/mol. The summed E-state index contributed by atoms with van der Waals surface area (Å²) in [6, 6.07) is 8.06. The Morgan fingerprint density at radius 3 is 1.96 bits per heavy atom. The van der Waals surface area contributed by atoms with Crippen molar-refractivity contribution >= 4 is 12.1 Å². The zero-order chi connectivity index (χ0) is 18.2. The minimum Gasteiger partial charge on any atom is -0.273 e. The van der Waals surface area contributed by atoms with Crippen LogP contribution in [0.3, 0.4) is 0 Å². The van der Waals surface area contributed by atoms with Gasteiger partial charge in [0.25, 0.3) is 0 Å². The van der Waals surface area contributed by atoms with Gasteiger partial charge in [0, 0.05) is 6.42 Å². The van der Waals surface area contributed by atoms with Crippen molar-refractivity contribution in [2.75, 3.05) is 0 Å². The molecule has 25 heavy (non-hydrogen) atoms. The van der Waals surface area contributed by atoms with Crippen molar-refractivity contribution < 1.29 is 4.79 Å². The summed E-state index contributed by atoms with van der Waals surface area (Å²) in [5.74, 6) is 0.0132. The van der Waals surface area contributed by atoms with Gasteiger partial charge in [-0.05, 0) is 18.9 Å². The first-order valence-electron chi connectivity index (χ1n) is 10.1. The van der Waals surface area contributed by atoms with E-state index in [2.05, 4.69) is 24.4 Å². The molecular weight excluding hydrogens is 308 g/mol. The summed E-state index contributed by atoms with van der Waals surface area (Å²) in [6.45, 7) is 4.31. The summed E-state index contributed by atoms with van der Waals surface area (Å²) in [6.07, 6.45) is 16.5. The molecule has 1 aromatic carbocycles. The number of carbonyl (C=O) groups excluding carboxylic acids is 1. The van der Waals surface area contributed by atoms with E-state index in [9.17, 15) is 4.79 Å². The summed E-state index contributed by atoms with van der Waals surface area (Å²) >= 11 is 0. The Kier molecular flexibility index (Phi) is 12.6. The van der Waals surface area contributed by atoms with Crippen LogP contribution in [0.25, 0.3) is 0 Å². The van der Waals surface area contributed by atoms with Crippen LogP contribution < -0.4 is 5.43 Å². The maximum absolute atomic E-state index is 11.7. The molecule has 0 aromatic heterocycles. The first kappa shape index (κ1) is 21.4. The second kappa shape index (κ2) is 14.7. The Bertz CT molecular complexity index is 479. The molecule has 0 fully saturated rings. The number of nitrogens with zero attached hydrogens (tertiary/aromatic N) is 1. The van der Waals surface area contributed by atoms with E-state index in [0.717, 1.165) is 18.4 Å². The molecule has 1 aromatic rings. The number of carbonyl (C=O) groups is 1. The van der Waals surface area contributed by atoms with Gasteiger partial charge in [0.15, 0.2) is 0 Å². The van der Waals surface area contributed by atoms with Crippen molar-refractivity contribution in [3.05, 3.63) is 35.4 Å². The molecule has 0 aliphatic carbocycles. The zero-order valence-corrected chi connectivity index (χ0v) is 16.2. The zero-order valence-electron chi connectivity index (χ0n) is 16.2. The standard InChI is InChI=1S/C22H36N2O/c1-3-4-5-6-7-8-9-10-11-12-13-14-22(25)24-23-19-21-17-15-20(2)16-18-21/h15-19H,3-14H2,1-2H3,(H,24,25).